The molecule has 0 saturated carbocycles. The van der Waals surface area contributed by atoms with E-state index < -0.39 is 10.0 Å². The highest BCUT2D eigenvalue weighted by Crippen LogP contribution is 2.26. The summed E-state index contributed by atoms with van der Waals surface area (Å²) in [6.07, 6.45) is 2.62. The average molecular weight is 465 g/mol. The topological polar surface area (TPSA) is 130 Å². The lowest BCUT2D eigenvalue weighted by atomic mass is 10.1. The number of H-pyrrole nitrogens is 1. The number of sulfonamides is 1. The van der Waals surface area contributed by atoms with E-state index in [1.807, 2.05) is 6.92 Å². The Hall–Kier alpha value is -2.24. The SMILES string of the molecule is CCCCNS(=O)(=O)c1ccc2[nH]c3nc(SCC(=O)NCCC(C)C)nnc3c2c1. The van der Waals surface area contributed by atoms with Crippen molar-refractivity contribution in [2.24, 2.45) is 5.92 Å². The fraction of sp³-hybridized carbons (Fsp3) is 0.500. The van der Waals surface area contributed by atoms with Gasteiger partial charge in [0.15, 0.2) is 5.65 Å². The van der Waals surface area contributed by atoms with Gasteiger partial charge in [-0.3, -0.25) is 4.79 Å². The third kappa shape index (κ3) is 6.14. The average Bonchev–Trinajstić information content (AvgIpc) is 3.09. The van der Waals surface area contributed by atoms with Gasteiger partial charge in [0.1, 0.15) is 5.52 Å². The van der Waals surface area contributed by atoms with Crippen LogP contribution in [0.15, 0.2) is 28.3 Å². The van der Waals surface area contributed by atoms with Gasteiger partial charge in [-0.15, -0.1) is 10.2 Å². The molecule has 0 radical (unpaired) electrons. The minimum Gasteiger partial charge on any atom is -0.355 e. The molecule has 3 N–H and O–H groups in total. The number of carbonyl (C=O) groups is 1. The number of aromatic amines is 1. The summed E-state index contributed by atoms with van der Waals surface area (Å²) in [7, 11) is -3.59. The predicted molar refractivity (Wildman–Crippen MR) is 122 cm³/mol. The van der Waals surface area contributed by atoms with Gasteiger partial charge in [0.05, 0.1) is 10.6 Å². The predicted octanol–water partition coefficient (Wildman–Crippen LogP) is 2.84. The lowest BCUT2D eigenvalue weighted by molar-refractivity contribution is -0.118. The van der Waals surface area contributed by atoms with Gasteiger partial charge in [-0.2, -0.15) is 0 Å². The largest absolute Gasteiger partial charge is 0.355 e. The number of amides is 1. The molecule has 9 nitrogen and oxygen atoms in total. The van der Waals surface area contributed by atoms with E-state index in [-0.39, 0.29) is 16.6 Å². The standard InChI is InChI=1S/C20H28N6O3S2/c1-4-5-9-22-31(28,29)14-6-7-16-15(11-14)18-19(23-16)24-20(26-25-18)30-12-17(27)21-10-8-13(2)3/h6-7,11,13,22H,4-5,8-10,12H2,1-3H3,(H,21,27)(H,23,24,26). The minimum absolute atomic E-state index is 0.0728. The van der Waals surface area contributed by atoms with Crippen LogP contribution in [0, 0.1) is 5.92 Å². The molecule has 0 saturated heterocycles. The van der Waals surface area contributed by atoms with Crippen molar-refractivity contribution < 1.29 is 13.2 Å². The molecule has 1 aromatic carbocycles. The van der Waals surface area contributed by atoms with Crippen LogP contribution in [0.25, 0.3) is 22.1 Å². The Bertz CT molecular complexity index is 1160. The molecule has 2 heterocycles. The summed E-state index contributed by atoms with van der Waals surface area (Å²) >= 11 is 1.21. The molecule has 0 spiro atoms. The van der Waals surface area contributed by atoms with E-state index in [4.69, 9.17) is 0 Å². The van der Waals surface area contributed by atoms with Crippen molar-refractivity contribution in [3.63, 3.8) is 0 Å². The third-order valence-corrected chi connectivity index (χ3v) is 6.97. The maximum atomic E-state index is 12.5. The Labute approximate surface area is 186 Å². The summed E-state index contributed by atoms with van der Waals surface area (Å²) in [6.45, 7) is 7.27. The molecular weight excluding hydrogens is 436 g/mol. The first-order valence-electron chi connectivity index (χ1n) is 10.4. The molecule has 3 aromatic rings. The summed E-state index contributed by atoms with van der Waals surface area (Å²) in [5.74, 6) is 0.668. The molecule has 0 aliphatic carbocycles. The fourth-order valence-corrected chi connectivity index (χ4v) is 4.63. The molecule has 31 heavy (non-hydrogen) atoms. The molecule has 3 rings (SSSR count). The molecule has 0 aliphatic heterocycles. The number of hydrogen-bond acceptors (Lipinski definition) is 7. The molecule has 0 bridgehead atoms. The second-order valence-electron chi connectivity index (χ2n) is 7.70. The van der Waals surface area contributed by atoms with Crippen LogP contribution < -0.4 is 10.0 Å². The number of nitrogens with zero attached hydrogens (tertiary/aromatic N) is 3. The Kier molecular flexibility index (Phi) is 7.84. The molecular formula is C20H28N6O3S2. The number of benzene rings is 1. The maximum absolute atomic E-state index is 12.5. The van der Waals surface area contributed by atoms with Crippen LogP contribution in [-0.4, -0.2) is 53.3 Å². The second-order valence-corrected chi connectivity index (χ2v) is 10.4. The van der Waals surface area contributed by atoms with Crippen LogP contribution in [0.5, 0.6) is 0 Å². The normalized spacial score (nSPS) is 12.1. The van der Waals surface area contributed by atoms with Gasteiger partial charge >= 0.3 is 0 Å². The Morgan fingerprint density at radius 1 is 1.23 bits per heavy atom. The number of unbranched alkanes of at least 4 members (excludes halogenated alkanes) is 1. The van der Waals surface area contributed by atoms with E-state index in [0.29, 0.717) is 40.7 Å². The van der Waals surface area contributed by atoms with Crippen molar-refractivity contribution in [1.29, 1.82) is 0 Å². The smallest absolute Gasteiger partial charge is 0.240 e. The summed E-state index contributed by atoms with van der Waals surface area (Å²) in [5.41, 5.74) is 1.71. The molecule has 0 unspecified atom stereocenters. The van der Waals surface area contributed by atoms with Crippen molar-refractivity contribution in [1.82, 2.24) is 30.2 Å². The van der Waals surface area contributed by atoms with Crippen LogP contribution in [0.1, 0.15) is 40.0 Å². The number of thioether (sulfide) groups is 1. The molecule has 1 amide bonds. The zero-order valence-electron chi connectivity index (χ0n) is 17.9. The summed E-state index contributed by atoms with van der Waals surface area (Å²) in [4.78, 5) is 19.7. The molecule has 0 fully saturated rings. The number of fused-ring (bicyclic) bond motifs is 3. The summed E-state index contributed by atoms with van der Waals surface area (Å²) in [5, 5.41) is 12.2. The van der Waals surface area contributed by atoms with Crippen LogP contribution in [0.4, 0.5) is 0 Å². The van der Waals surface area contributed by atoms with Gasteiger partial charge in [-0.1, -0.05) is 39.0 Å². The molecule has 0 aliphatic rings. The third-order valence-electron chi connectivity index (χ3n) is 4.68. The summed E-state index contributed by atoms with van der Waals surface area (Å²) in [6, 6.07) is 4.83. The molecule has 11 heteroatoms. The number of carbonyl (C=O) groups excluding carboxylic acids is 1. The van der Waals surface area contributed by atoms with E-state index >= 15 is 0 Å². The zero-order valence-corrected chi connectivity index (χ0v) is 19.6. The van der Waals surface area contributed by atoms with Crippen molar-refractivity contribution in [3.8, 4) is 0 Å². The first kappa shape index (κ1) is 23.4. The van der Waals surface area contributed by atoms with Gasteiger partial charge in [-0.05, 0) is 37.0 Å². The highest BCUT2D eigenvalue weighted by molar-refractivity contribution is 7.99. The second kappa shape index (κ2) is 10.4. The number of rotatable bonds is 11. The zero-order chi connectivity index (χ0) is 22.4. The lowest BCUT2D eigenvalue weighted by Gasteiger charge is -2.06. The molecule has 0 atom stereocenters. The monoisotopic (exact) mass is 464 g/mol. The molecule has 2 aromatic heterocycles. The van der Waals surface area contributed by atoms with Crippen LogP contribution in [-0.2, 0) is 14.8 Å². The van der Waals surface area contributed by atoms with Gasteiger partial charge in [0.25, 0.3) is 0 Å². The van der Waals surface area contributed by atoms with E-state index in [1.165, 1.54) is 11.8 Å². The molecule has 168 valence electrons. The Morgan fingerprint density at radius 3 is 2.77 bits per heavy atom. The highest BCUT2D eigenvalue weighted by atomic mass is 32.2. The Morgan fingerprint density at radius 2 is 2.03 bits per heavy atom. The first-order chi connectivity index (χ1) is 14.8. The van der Waals surface area contributed by atoms with E-state index in [9.17, 15) is 13.2 Å². The van der Waals surface area contributed by atoms with Crippen molar-refractivity contribution >= 4 is 49.8 Å². The van der Waals surface area contributed by atoms with Gasteiger partial charge in [-0.25, -0.2) is 18.1 Å². The van der Waals surface area contributed by atoms with Gasteiger partial charge < -0.3 is 10.3 Å². The van der Waals surface area contributed by atoms with Crippen molar-refractivity contribution in [2.45, 2.75) is 50.1 Å². The first-order valence-corrected chi connectivity index (χ1v) is 12.8. The van der Waals surface area contributed by atoms with Crippen LogP contribution >= 0.6 is 11.8 Å². The fourth-order valence-electron chi connectivity index (χ4n) is 2.91. The van der Waals surface area contributed by atoms with Crippen LogP contribution in [0.3, 0.4) is 0 Å². The highest BCUT2D eigenvalue weighted by Gasteiger charge is 2.17. The van der Waals surface area contributed by atoms with E-state index in [2.05, 4.69) is 44.1 Å². The van der Waals surface area contributed by atoms with Crippen LogP contribution in [0.2, 0.25) is 0 Å². The quantitative estimate of drug-likeness (QED) is 0.294. The number of aromatic nitrogens is 4. The van der Waals surface area contributed by atoms with Crippen molar-refractivity contribution in [2.75, 3.05) is 18.8 Å². The van der Waals surface area contributed by atoms with Crippen molar-refractivity contribution in [3.05, 3.63) is 18.2 Å². The number of hydrogen-bond donors (Lipinski definition) is 3. The van der Waals surface area contributed by atoms with Gasteiger partial charge in [0.2, 0.25) is 21.1 Å². The lowest BCUT2D eigenvalue weighted by Crippen LogP contribution is -2.27. The van der Waals surface area contributed by atoms with E-state index in [1.54, 1.807) is 18.2 Å². The maximum Gasteiger partial charge on any atom is 0.240 e. The number of nitrogens with one attached hydrogen (secondary N) is 3. The van der Waals surface area contributed by atoms with E-state index in [0.717, 1.165) is 24.8 Å². The summed E-state index contributed by atoms with van der Waals surface area (Å²) < 4.78 is 27.6. The van der Waals surface area contributed by atoms with Gasteiger partial charge in [0, 0.05) is 24.0 Å². The minimum atomic E-state index is -3.59. The Balaban J connectivity index is 1.74.